The molecule has 2 aromatic rings. The van der Waals surface area contributed by atoms with Gasteiger partial charge in [-0.2, -0.15) is 0 Å². The van der Waals surface area contributed by atoms with Crippen molar-refractivity contribution in [1.29, 1.82) is 0 Å². The Balaban J connectivity index is 1.47. The van der Waals surface area contributed by atoms with Gasteiger partial charge < -0.3 is 15.0 Å². The molecule has 0 unspecified atom stereocenters. The third-order valence-electron chi connectivity index (χ3n) is 5.00. The summed E-state index contributed by atoms with van der Waals surface area (Å²) in [5, 5.41) is 5.15. The molecule has 0 saturated carbocycles. The topological polar surface area (TPSA) is 44.8 Å². The first-order valence-corrected chi connectivity index (χ1v) is 10.6. The highest BCUT2D eigenvalue weighted by atomic mass is 32.1. The molecule has 1 aromatic carbocycles. The fourth-order valence-corrected chi connectivity index (χ4v) is 4.13. The summed E-state index contributed by atoms with van der Waals surface area (Å²) in [6.45, 7) is 8.93. The number of nitrogens with zero attached hydrogens (tertiary/aromatic N) is 2. The molecule has 1 amide bonds. The molecular formula is C21H29N3O2S. The van der Waals surface area contributed by atoms with Crippen molar-refractivity contribution < 1.29 is 9.53 Å². The molecule has 1 N–H and O–H groups in total. The molecule has 0 aliphatic carbocycles. The Kier molecular flexibility index (Phi) is 7.12. The van der Waals surface area contributed by atoms with E-state index in [1.54, 1.807) is 11.3 Å². The molecule has 3 rings (SSSR count). The Labute approximate surface area is 165 Å². The molecule has 0 spiro atoms. The van der Waals surface area contributed by atoms with Crippen molar-refractivity contribution in [2.24, 2.45) is 0 Å². The van der Waals surface area contributed by atoms with E-state index in [1.807, 2.05) is 38.1 Å². The molecule has 0 bridgehead atoms. The van der Waals surface area contributed by atoms with Crippen LogP contribution in [-0.4, -0.2) is 56.2 Å². The van der Waals surface area contributed by atoms with E-state index in [4.69, 9.17) is 4.74 Å². The number of para-hydroxylation sites is 2. The van der Waals surface area contributed by atoms with Gasteiger partial charge in [0.15, 0.2) is 0 Å². The van der Waals surface area contributed by atoms with Gasteiger partial charge in [-0.1, -0.05) is 18.2 Å². The summed E-state index contributed by atoms with van der Waals surface area (Å²) in [6, 6.07) is 12.3. The molecular weight excluding hydrogens is 358 g/mol. The van der Waals surface area contributed by atoms with Crippen LogP contribution in [-0.2, 0) is 11.2 Å². The molecule has 1 aromatic heterocycles. The molecule has 0 radical (unpaired) electrons. The highest BCUT2D eigenvalue weighted by molar-refractivity contribution is 7.09. The zero-order chi connectivity index (χ0) is 19.1. The van der Waals surface area contributed by atoms with E-state index in [2.05, 4.69) is 32.6 Å². The number of anilines is 1. The Bertz CT molecular complexity index is 712. The monoisotopic (exact) mass is 387 g/mol. The fraction of sp³-hybridized carbons (Fsp3) is 0.476. The lowest BCUT2D eigenvalue weighted by atomic mass is 10.2. The summed E-state index contributed by atoms with van der Waals surface area (Å²) in [4.78, 5) is 18.4. The number of carbonyl (C=O) groups is 1. The molecule has 5 nitrogen and oxygen atoms in total. The van der Waals surface area contributed by atoms with Crippen LogP contribution in [0.15, 0.2) is 41.8 Å². The second-order valence-electron chi connectivity index (χ2n) is 6.72. The summed E-state index contributed by atoms with van der Waals surface area (Å²) in [7, 11) is 0. The van der Waals surface area contributed by atoms with E-state index >= 15 is 0 Å². The zero-order valence-electron chi connectivity index (χ0n) is 16.2. The van der Waals surface area contributed by atoms with E-state index in [-0.39, 0.29) is 11.9 Å². The van der Waals surface area contributed by atoms with Gasteiger partial charge in [-0.15, -0.1) is 11.3 Å². The highest BCUT2D eigenvalue weighted by Gasteiger charge is 2.26. The van der Waals surface area contributed by atoms with Gasteiger partial charge in [-0.3, -0.25) is 9.69 Å². The summed E-state index contributed by atoms with van der Waals surface area (Å²) in [6.07, 6.45) is 0.901. The van der Waals surface area contributed by atoms with Crippen LogP contribution in [0.5, 0.6) is 5.75 Å². The lowest BCUT2D eigenvalue weighted by molar-refractivity contribution is -0.125. The van der Waals surface area contributed by atoms with E-state index < -0.39 is 0 Å². The minimum absolute atomic E-state index is 0.0994. The van der Waals surface area contributed by atoms with Crippen LogP contribution in [0, 0.1) is 0 Å². The van der Waals surface area contributed by atoms with Crippen LogP contribution in [0.1, 0.15) is 18.7 Å². The Hall–Kier alpha value is -2.05. The predicted octanol–water partition coefficient (Wildman–Crippen LogP) is 3.02. The molecule has 1 fully saturated rings. The lowest BCUT2D eigenvalue weighted by Crippen LogP contribution is -2.54. The van der Waals surface area contributed by atoms with Gasteiger partial charge >= 0.3 is 0 Å². The SMILES string of the molecule is CCOc1ccccc1N1CCN([C@@H](C)C(=O)NCCc2cccs2)CC1. The predicted molar refractivity (Wildman–Crippen MR) is 112 cm³/mol. The minimum Gasteiger partial charge on any atom is -0.492 e. The number of rotatable bonds is 8. The Morgan fingerprint density at radius 3 is 2.67 bits per heavy atom. The van der Waals surface area contributed by atoms with Gasteiger partial charge in [0.05, 0.1) is 18.3 Å². The van der Waals surface area contributed by atoms with Crippen LogP contribution in [0.3, 0.4) is 0 Å². The van der Waals surface area contributed by atoms with Gasteiger partial charge in [0.25, 0.3) is 0 Å². The first kappa shape index (κ1) is 19.7. The Morgan fingerprint density at radius 2 is 1.96 bits per heavy atom. The maximum Gasteiger partial charge on any atom is 0.237 e. The summed E-state index contributed by atoms with van der Waals surface area (Å²) >= 11 is 1.74. The molecule has 6 heteroatoms. The standard InChI is InChI=1S/C21H29N3O2S/c1-3-26-20-9-5-4-8-19(20)24-14-12-23(13-15-24)17(2)21(25)22-11-10-18-7-6-16-27-18/h4-9,16-17H,3,10-15H2,1-2H3,(H,22,25)/t17-/m0/s1. The number of nitrogens with one attached hydrogen (secondary N) is 1. The van der Waals surface area contributed by atoms with Gasteiger partial charge in [-0.25, -0.2) is 0 Å². The average molecular weight is 388 g/mol. The average Bonchev–Trinajstić information content (AvgIpc) is 3.22. The number of thiophene rings is 1. The second-order valence-corrected chi connectivity index (χ2v) is 7.75. The third-order valence-corrected chi connectivity index (χ3v) is 5.93. The number of piperazine rings is 1. The van der Waals surface area contributed by atoms with E-state index in [9.17, 15) is 4.79 Å². The van der Waals surface area contributed by atoms with Gasteiger partial charge in [0, 0.05) is 37.6 Å². The maximum atomic E-state index is 12.5. The molecule has 1 atom stereocenters. The van der Waals surface area contributed by atoms with Crippen molar-refractivity contribution in [3.63, 3.8) is 0 Å². The van der Waals surface area contributed by atoms with Crippen molar-refractivity contribution in [2.75, 3.05) is 44.2 Å². The van der Waals surface area contributed by atoms with Crippen molar-refractivity contribution in [3.05, 3.63) is 46.7 Å². The summed E-state index contributed by atoms with van der Waals surface area (Å²) < 4.78 is 5.76. The Morgan fingerprint density at radius 1 is 1.19 bits per heavy atom. The minimum atomic E-state index is -0.0994. The smallest absolute Gasteiger partial charge is 0.237 e. The van der Waals surface area contributed by atoms with Crippen LogP contribution in [0.25, 0.3) is 0 Å². The second kappa shape index (κ2) is 9.76. The van der Waals surface area contributed by atoms with Crippen LogP contribution in [0.2, 0.25) is 0 Å². The van der Waals surface area contributed by atoms with E-state index in [0.717, 1.165) is 44.0 Å². The number of carbonyl (C=O) groups excluding carboxylic acids is 1. The quantitative estimate of drug-likeness (QED) is 0.756. The first-order valence-electron chi connectivity index (χ1n) is 9.70. The molecule has 27 heavy (non-hydrogen) atoms. The number of amides is 1. The number of benzene rings is 1. The molecule has 146 valence electrons. The van der Waals surface area contributed by atoms with E-state index in [0.29, 0.717) is 13.2 Å². The van der Waals surface area contributed by atoms with Crippen molar-refractivity contribution >= 4 is 22.9 Å². The lowest BCUT2D eigenvalue weighted by Gasteiger charge is -2.39. The summed E-state index contributed by atoms with van der Waals surface area (Å²) in [5.41, 5.74) is 1.15. The number of ether oxygens (including phenoxy) is 1. The zero-order valence-corrected chi connectivity index (χ0v) is 17.0. The normalized spacial score (nSPS) is 16.1. The van der Waals surface area contributed by atoms with Crippen LogP contribution in [0.4, 0.5) is 5.69 Å². The third kappa shape index (κ3) is 5.23. The van der Waals surface area contributed by atoms with Crippen molar-refractivity contribution in [3.8, 4) is 5.75 Å². The maximum absolute atomic E-state index is 12.5. The van der Waals surface area contributed by atoms with Crippen LogP contribution >= 0.6 is 11.3 Å². The highest BCUT2D eigenvalue weighted by Crippen LogP contribution is 2.29. The summed E-state index contributed by atoms with van der Waals surface area (Å²) in [5.74, 6) is 1.06. The van der Waals surface area contributed by atoms with Gasteiger partial charge in [0.2, 0.25) is 5.91 Å². The van der Waals surface area contributed by atoms with Gasteiger partial charge in [-0.05, 0) is 43.8 Å². The van der Waals surface area contributed by atoms with Crippen LogP contribution < -0.4 is 15.0 Å². The van der Waals surface area contributed by atoms with Crippen molar-refractivity contribution in [2.45, 2.75) is 26.3 Å². The largest absolute Gasteiger partial charge is 0.492 e. The fourth-order valence-electron chi connectivity index (χ4n) is 3.42. The molecule has 2 heterocycles. The van der Waals surface area contributed by atoms with Gasteiger partial charge in [0.1, 0.15) is 5.75 Å². The van der Waals surface area contributed by atoms with E-state index in [1.165, 1.54) is 4.88 Å². The first-order chi connectivity index (χ1) is 13.2. The number of hydrogen-bond donors (Lipinski definition) is 1. The molecule has 1 saturated heterocycles. The van der Waals surface area contributed by atoms with Crippen molar-refractivity contribution in [1.82, 2.24) is 10.2 Å². The molecule has 1 aliphatic heterocycles. The molecule has 1 aliphatic rings. The number of hydrogen-bond acceptors (Lipinski definition) is 5.